The summed E-state index contributed by atoms with van der Waals surface area (Å²) in [5.41, 5.74) is 0. The summed E-state index contributed by atoms with van der Waals surface area (Å²) in [6.45, 7) is 0. The number of halogens is 6. The average Bonchev–Trinajstić information content (AvgIpc) is 1.14. The van der Waals surface area contributed by atoms with Crippen LogP contribution < -0.4 is 0 Å². The third kappa shape index (κ3) is 10.1. The van der Waals surface area contributed by atoms with Crippen molar-refractivity contribution in [3.05, 3.63) is 0 Å². The molecule has 7 heteroatoms. The molecule has 0 heterocycles. The maximum atomic E-state index is 5.38. The lowest BCUT2D eigenvalue weighted by Crippen LogP contribution is -2.08. The maximum Gasteiger partial charge on any atom is 0.201 e. The normalized spacial score (nSPS) is 15.8. The van der Waals surface area contributed by atoms with Gasteiger partial charge in [-0.15, -0.1) is 0 Å². The van der Waals surface area contributed by atoms with Gasteiger partial charge in [0.2, 0.25) is 3.79 Å². The fourth-order valence-corrected chi connectivity index (χ4v) is 5.01. The SMILES string of the molecule is ClC(Cl)(Cl)CS(Cl)(Cl)Cl. The zero-order valence-electron chi connectivity index (χ0n) is 3.88. The second-order valence-electron chi connectivity index (χ2n) is 1.26. The van der Waals surface area contributed by atoms with E-state index in [0.717, 1.165) is 0 Å². The molecule has 0 aromatic carbocycles. The van der Waals surface area contributed by atoms with Crippen molar-refractivity contribution in [2.45, 2.75) is 3.79 Å². The summed E-state index contributed by atoms with van der Waals surface area (Å²) in [5.74, 6) is -0.0324. The highest BCUT2D eigenvalue weighted by Gasteiger charge is 2.29. The predicted molar refractivity (Wildman–Crippen MR) is 50.3 cm³/mol. The molecule has 0 aromatic rings. The van der Waals surface area contributed by atoms with Gasteiger partial charge in [-0.3, -0.25) is 0 Å². The summed E-state index contributed by atoms with van der Waals surface area (Å²) < 4.78 is -1.46. The highest BCUT2D eigenvalue weighted by molar-refractivity contribution is 8.79. The number of rotatable bonds is 1. The van der Waals surface area contributed by atoms with Crippen LogP contribution in [0.2, 0.25) is 0 Å². The van der Waals surface area contributed by atoms with Gasteiger partial charge in [0.1, 0.15) is 0 Å². The number of alkyl halides is 3. The van der Waals surface area contributed by atoms with Crippen molar-refractivity contribution in [2.75, 3.05) is 5.75 Å². The van der Waals surface area contributed by atoms with Crippen LogP contribution in [0.25, 0.3) is 0 Å². The summed E-state index contributed by atoms with van der Waals surface area (Å²) in [4.78, 5) is 0. The predicted octanol–water partition coefficient (Wildman–Crippen LogP) is 4.62. The zero-order valence-corrected chi connectivity index (χ0v) is 9.24. The van der Waals surface area contributed by atoms with Crippen molar-refractivity contribution in [2.24, 2.45) is 0 Å². The van der Waals surface area contributed by atoms with Crippen LogP contribution in [-0.2, 0) is 0 Å². The lowest BCUT2D eigenvalue weighted by molar-refractivity contribution is 1.29. The molecule has 0 radical (unpaired) electrons. The van der Waals surface area contributed by atoms with Crippen LogP contribution >= 0.6 is 74.5 Å². The molecule has 0 amide bonds. The largest absolute Gasteiger partial charge is 0.201 e. The van der Waals surface area contributed by atoms with Gasteiger partial charge in [0.25, 0.3) is 0 Å². The van der Waals surface area contributed by atoms with Gasteiger partial charge in [-0.2, -0.15) is 0 Å². The third-order valence-corrected chi connectivity index (χ3v) is 2.95. The highest BCUT2D eigenvalue weighted by atomic mass is 36.2. The van der Waals surface area contributed by atoms with Gasteiger partial charge >= 0.3 is 0 Å². The van der Waals surface area contributed by atoms with E-state index in [9.17, 15) is 0 Å². The fourth-order valence-electron chi connectivity index (χ4n) is 0.186. The summed E-state index contributed by atoms with van der Waals surface area (Å²) >= 11 is 15.9. The van der Waals surface area contributed by atoms with Gasteiger partial charge in [-0.05, 0) is 39.7 Å². The molecule has 0 saturated carbocycles. The molecule has 0 aliphatic rings. The van der Waals surface area contributed by atoms with E-state index in [-0.39, 0.29) is 5.75 Å². The number of hydrogen-bond acceptors (Lipinski definition) is 0. The Morgan fingerprint density at radius 2 is 1.33 bits per heavy atom. The van der Waals surface area contributed by atoms with Crippen LogP contribution in [0.3, 0.4) is 0 Å². The Morgan fingerprint density at radius 3 is 1.33 bits per heavy atom. The van der Waals surface area contributed by atoms with Crippen LogP contribution in [0.15, 0.2) is 0 Å². The second-order valence-corrected chi connectivity index (χ2v) is 11.2. The highest BCUT2D eigenvalue weighted by Crippen LogP contribution is 2.66. The lowest BCUT2D eigenvalue weighted by atomic mass is 10.9. The molecule has 0 saturated heterocycles. The first-order valence-corrected chi connectivity index (χ1v) is 7.09. The Bertz CT molecular complexity index is 76.2. The van der Waals surface area contributed by atoms with Crippen molar-refractivity contribution < 1.29 is 0 Å². The average molecular weight is 271 g/mol. The zero-order chi connectivity index (χ0) is 7.71. The van der Waals surface area contributed by atoms with E-state index in [1.165, 1.54) is 0 Å². The molecule has 58 valence electrons. The standard InChI is InChI=1S/C2H2Cl6S/c3-2(4,5)1-9(6,7)8/h1H2. The molecule has 0 rings (SSSR count). The Kier molecular flexibility index (Phi) is 4.51. The van der Waals surface area contributed by atoms with Crippen molar-refractivity contribution in [3.8, 4) is 0 Å². The number of hydrogen-bond donors (Lipinski definition) is 0. The minimum atomic E-state index is -2.26. The molecule has 0 aliphatic carbocycles. The van der Waals surface area contributed by atoms with E-state index < -0.39 is 11.5 Å². The van der Waals surface area contributed by atoms with Crippen LogP contribution in [0.5, 0.6) is 0 Å². The van der Waals surface area contributed by atoms with Gasteiger partial charge < -0.3 is 0 Å². The van der Waals surface area contributed by atoms with E-state index >= 15 is 0 Å². The van der Waals surface area contributed by atoms with Crippen LogP contribution in [0.4, 0.5) is 0 Å². The molecule has 0 spiro atoms. The molecular weight excluding hydrogens is 269 g/mol. The fraction of sp³-hybridized carbons (Fsp3) is 1.00. The molecule has 9 heavy (non-hydrogen) atoms. The molecule has 0 aromatic heterocycles. The lowest BCUT2D eigenvalue weighted by Gasteiger charge is -2.19. The maximum absolute atomic E-state index is 5.38. The minimum Gasteiger partial charge on any atom is -0.0827 e. The molecule has 0 unspecified atom stereocenters. The van der Waals surface area contributed by atoms with E-state index in [1.807, 2.05) is 0 Å². The topological polar surface area (TPSA) is 0 Å². The quantitative estimate of drug-likeness (QED) is 0.610. The molecule has 0 fully saturated rings. The van der Waals surface area contributed by atoms with Gasteiger partial charge in [0.05, 0.1) is 5.75 Å². The second kappa shape index (κ2) is 3.66. The summed E-state index contributed by atoms with van der Waals surface area (Å²) in [6, 6.07) is 0. The molecule has 0 nitrogen and oxygen atoms in total. The molecule has 0 N–H and O–H groups in total. The summed E-state index contributed by atoms with van der Waals surface area (Å²) in [7, 11) is 13.9. The van der Waals surface area contributed by atoms with E-state index in [2.05, 4.69) is 0 Å². The van der Waals surface area contributed by atoms with Gasteiger partial charge in [0, 0.05) is 0 Å². The van der Waals surface area contributed by atoms with Crippen LogP contribution in [-0.4, -0.2) is 9.55 Å². The third-order valence-electron chi connectivity index (χ3n) is 0.327. The first-order valence-electron chi connectivity index (χ1n) is 1.67. The van der Waals surface area contributed by atoms with E-state index in [1.54, 1.807) is 0 Å². The van der Waals surface area contributed by atoms with Gasteiger partial charge in [-0.1, -0.05) is 34.8 Å². The first-order chi connectivity index (χ1) is 3.71. The molecule has 0 bridgehead atoms. The Labute approximate surface area is 83.5 Å². The Hall–Kier alpha value is 2.09. The molecule has 0 atom stereocenters. The molecular formula is C2H2Cl6S. The van der Waals surface area contributed by atoms with Crippen molar-refractivity contribution >= 4 is 74.5 Å². The smallest absolute Gasteiger partial charge is 0.0827 e. The summed E-state index contributed by atoms with van der Waals surface area (Å²) in [5, 5.41) is 0. The van der Waals surface area contributed by atoms with Crippen molar-refractivity contribution in [3.63, 3.8) is 0 Å². The van der Waals surface area contributed by atoms with E-state index in [0.29, 0.717) is 0 Å². The summed E-state index contributed by atoms with van der Waals surface area (Å²) in [6.07, 6.45) is 0. The minimum absolute atomic E-state index is 0.0324. The van der Waals surface area contributed by atoms with Gasteiger partial charge in [-0.25, -0.2) is 0 Å². The Balaban J connectivity index is 3.75. The van der Waals surface area contributed by atoms with Gasteiger partial charge in [0.15, 0.2) is 0 Å². The van der Waals surface area contributed by atoms with E-state index in [4.69, 9.17) is 66.8 Å². The Morgan fingerprint density at radius 1 is 1.00 bits per heavy atom. The van der Waals surface area contributed by atoms with Crippen LogP contribution in [0.1, 0.15) is 0 Å². The molecule has 0 aliphatic heterocycles. The van der Waals surface area contributed by atoms with Crippen LogP contribution in [0, 0.1) is 0 Å². The van der Waals surface area contributed by atoms with Crippen molar-refractivity contribution in [1.29, 1.82) is 0 Å². The van der Waals surface area contributed by atoms with Crippen molar-refractivity contribution in [1.82, 2.24) is 0 Å². The monoisotopic (exact) mass is 268 g/mol. The first kappa shape index (κ1) is 11.1.